The van der Waals surface area contributed by atoms with E-state index in [4.69, 9.17) is 0 Å². The van der Waals surface area contributed by atoms with E-state index in [0.29, 0.717) is 0 Å². The van der Waals surface area contributed by atoms with E-state index in [1.807, 2.05) is 0 Å². The van der Waals surface area contributed by atoms with Crippen LogP contribution >= 0.6 is 0 Å². The van der Waals surface area contributed by atoms with Gasteiger partial charge in [-0.3, -0.25) is 4.79 Å². The molecule has 0 aromatic heterocycles. The van der Waals surface area contributed by atoms with Crippen molar-refractivity contribution in [2.24, 2.45) is 0 Å². The van der Waals surface area contributed by atoms with Crippen molar-refractivity contribution in [3.8, 4) is 0 Å². The molecule has 0 saturated heterocycles. The van der Waals surface area contributed by atoms with Crippen LogP contribution in [0.15, 0.2) is 0 Å². The van der Waals surface area contributed by atoms with Gasteiger partial charge in [0.05, 0.1) is 12.8 Å². The van der Waals surface area contributed by atoms with Crippen LogP contribution in [0, 0.1) is 0 Å². The Morgan fingerprint density at radius 2 is 2.00 bits per heavy atom. The summed E-state index contributed by atoms with van der Waals surface area (Å²) in [7, 11) is -3.30. The second-order valence-corrected chi connectivity index (χ2v) is 6.18. The lowest BCUT2D eigenvalue weighted by molar-refractivity contribution is -0.121. The summed E-state index contributed by atoms with van der Waals surface area (Å²) < 4.78 is 23.9. The topological polar surface area (TPSA) is 66.5 Å². The summed E-state index contributed by atoms with van der Waals surface area (Å²) >= 11 is 0. The molecule has 0 unspecified atom stereocenters. The Labute approximate surface area is 90.9 Å². The fraction of sp³-hybridized carbons (Fsp3) is 0.889. The quantitative estimate of drug-likeness (QED) is 0.724. The van der Waals surface area contributed by atoms with Crippen molar-refractivity contribution in [3.63, 3.8) is 0 Å². The predicted molar refractivity (Wildman–Crippen MR) is 57.9 cm³/mol. The van der Waals surface area contributed by atoms with Crippen LogP contribution in [-0.2, 0) is 14.8 Å². The van der Waals surface area contributed by atoms with Crippen LogP contribution in [0.5, 0.6) is 0 Å². The number of sulfonamides is 1. The van der Waals surface area contributed by atoms with Gasteiger partial charge in [0.25, 0.3) is 0 Å². The van der Waals surface area contributed by atoms with E-state index in [0.717, 1.165) is 19.1 Å². The maximum absolute atomic E-state index is 11.4. The highest BCUT2D eigenvalue weighted by Crippen LogP contribution is 2.18. The number of carbonyl (C=O) groups is 1. The Balaban J connectivity index is 2.54. The molecule has 0 aromatic rings. The van der Waals surface area contributed by atoms with Gasteiger partial charge in [0.15, 0.2) is 0 Å². The summed E-state index contributed by atoms with van der Waals surface area (Å²) in [6.45, 7) is 3.43. The summed E-state index contributed by atoms with van der Waals surface area (Å²) in [5.41, 5.74) is 0. The van der Waals surface area contributed by atoms with Gasteiger partial charge in [0, 0.05) is 12.1 Å². The fourth-order valence-electron chi connectivity index (χ4n) is 1.33. The molecule has 0 radical (unpaired) electrons. The number of nitrogens with one attached hydrogen (secondary N) is 1. The van der Waals surface area contributed by atoms with Crippen LogP contribution in [0.3, 0.4) is 0 Å². The molecule has 1 fully saturated rings. The molecule has 88 valence electrons. The average molecular weight is 234 g/mol. The van der Waals surface area contributed by atoms with Crippen molar-refractivity contribution in [2.45, 2.75) is 38.8 Å². The van der Waals surface area contributed by atoms with Gasteiger partial charge in [-0.1, -0.05) is 0 Å². The van der Waals surface area contributed by atoms with Crippen molar-refractivity contribution < 1.29 is 13.2 Å². The van der Waals surface area contributed by atoms with Crippen LogP contribution in [0.4, 0.5) is 0 Å². The molecular formula is C9H18N2O3S. The number of amides is 1. The number of carbonyl (C=O) groups excluding carboxylic acids is 1. The largest absolute Gasteiger partial charge is 0.352 e. The summed E-state index contributed by atoms with van der Waals surface area (Å²) in [5, 5.41) is 2.77. The number of rotatable bonds is 5. The summed E-state index contributed by atoms with van der Waals surface area (Å²) in [6, 6.07) is 0.0797. The Hall–Kier alpha value is -0.620. The first-order valence-corrected chi connectivity index (χ1v) is 6.91. The second-order valence-electron chi connectivity index (χ2n) is 4.24. The van der Waals surface area contributed by atoms with Crippen LogP contribution in [-0.4, -0.2) is 43.5 Å². The molecule has 15 heavy (non-hydrogen) atoms. The number of hydrogen-bond donors (Lipinski definition) is 1. The molecule has 1 saturated carbocycles. The Morgan fingerprint density at radius 3 is 2.33 bits per heavy atom. The van der Waals surface area contributed by atoms with E-state index in [9.17, 15) is 13.2 Å². The summed E-state index contributed by atoms with van der Waals surface area (Å²) in [4.78, 5) is 11.4. The van der Waals surface area contributed by atoms with Crippen molar-refractivity contribution in [1.29, 1.82) is 0 Å². The maximum Gasteiger partial charge on any atom is 0.235 e. The van der Waals surface area contributed by atoms with E-state index in [1.54, 1.807) is 13.8 Å². The Kier molecular flexibility index (Phi) is 3.72. The first-order valence-electron chi connectivity index (χ1n) is 5.07. The van der Waals surface area contributed by atoms with Crippen LogP contribution < -0.4 is 5.32 Å². The minimum atomic E-state index is -3.30. The van der Waals surface area contributed by atoms with Crippen LogP contribution in [0.1, 0.15) is 26.7 Å². The molecular weight excluding hydrogens is 216 g/mol. The molecule has 1 aliphatic rings. The van der Waals surface area contributed by atoms with Gasteiger partial charge in [-0.25, -0.2) is 8.42 Å². The minimum Gasteiger partial charge on any atom is -0.352 e. The molecule has 0 atom stereocenters. The van der Waals surface area contributed by atoms with E-state index in [2.05, 4.69) is 5.32 Å². The molecule has 1 rings (SSSR count). The zero-order valence-corrected chi connectivity index (χ0v) is 10.2. The lowest BCUT2D eigenvalue weighted by Gasteiger charge is -2.23. The van der Waals surface area contributed by atoms with Crippen LogP contribution in [0.2, 0.25) is 0 Å². The lowest BCUT2D eigenvalue weighted by atomic mass is 10.4. The van der Waals surface area contributed by atoms with Gasteiger partial charge in [-0.15, -0.1) is 0 Å². The minimum absolute atomic E-state index is 0.0764. The Bertz CT molecular complexity index is 333. The molecule has 1 N–H and O–H groups in total. The van der Waals surface area contributed by atoms with Crippen molar-refractivity contribution in [2.75, 3.05) is 12.8 Å². The zero-order valence-electron chi connectivity index (χ0n) is 9.36. The van der Waals surface area contributed by atoms with Gasteiger partial charge in [-0.05, 0) is 26.7 Å². The smallest absolute Gasteiger partial charge is 0.235 e. The molecule has 1 aliphatic carbocycles. The van der Waals surface area contributed by atoms with E-state index >= 15 is 0 Å². The maximum atomic E-state index is 11.4. The molecule has 6 heteroatoms. The van der Waals surface area contributed by atoms with Gasteiger partial charge in [0.2, 0.25) is 15.9 Å². The SMILES string of the molecule is CC(C)N(CC(=O)NC1CC1)S(C)(=O)=O. The molecule has 0 heterocycles. The van der Waals surface area contributed by atoms with E-state index in [1.165, 1.54) is 4.31 Å². The van der Waals surface area contributed by atoms with Gasteiger partial charge in [0.1, 0.15) is 0 Å². The third kappa shape index (κ3) is 4.17. The van der Waals surface area contributed by atoms with Gasteiger partial charge >= 0.3 is 0 Å². The summed E-state index contributed by atoms with van der Waals surface area (Å²) in [6.07, 6.45) is 3.13. The highest BCUT2D eigenvalue weighted by Gasteiger charge is 2.27. The summed E-state index contributed by atoms with van der Waals surface area (Å²) in [5.74, 6) is -0.211. The average Bonchev–Trinajstić information content (AvgIpc) is 2.81. The third-order valence-electron chi connectivity index (χ3n) is 2.24. The molecule has 1 amide bonds. The monoisotopic (exact) mass is 234 g/mol. The van der Waals surface area contributed by atoms with Crippen LogP contribution in [0.25, 0.3) is 0 Å². The number of hydrogen-bond acceptors (Lipinski definition) is 3. The zero-order chi connectivity index (χ0) is 11.6. The molecule has 0 bridgehead atoms. The van der Waals surface area contributed by atoms with Crippen molar-refractivity contribution >= 4 is 15.9 Å². The van der Waals surface area contributed by atoms with Gasteiger partial charge < -0.3 is 5.32 Å². The predicted octanol–water partition coefficient (Wildman–Crippen LogP) is -0.0650. The second kappa shape index (κ2) is 4.49. The molecule has 0 aromatic carbocycles. The Morgan fingerprint density at radius 1 is 1.47 bits per heavy atom. The first kappa shape index (κ1) is 12.4. The van der Waals surface area contributed by atoms with Gasteiger partial charge in [-0.2, -0.15) is 4.31 Å². The molecule has 0 spiro atoms. The fourth-order valence-corrected chi connectivity index (χ4v) is 2.44. The molecule has 5 nitrogen and oxygen atoms in total. The van der Waals surface area contributed by atoms with Crippen molar-refractivity contribution in [3.05, 3.63) is 0 Å². The standard InChI is InChI=1S/C9H18N2O3S/c1-7(2)11(15(3,13)14)6-9(12)10-8-4-5-8/h7-8H,4-6H2,1-3H3,(H,10,12). The first-order chi connectivity index (χ1) is 6.80. The van der Waals surface area contributed by atoms with Crippen molar-refractivity contribution in [1.82, 2.24) is 9.62 Å². The highest BCUT2D eigenvalue weighted by atomic mass is 32.2. The molecule has 0 aliphatic heterocycles. The normalized spacial score (nSPS) is 17.1. The number of nitrogens with zero attached hydrogens (tertiary/aromatic N) is 1. The third-order valence-corrected chi connectivity index (χ3v) is 3.65. The van der Waals surface area contributed by atoms with E-state index < -0.39 is 10.0 Å². The lowest BCUT2D eigenvalue weighted by Crippen LogP contribution is -2.44. The highest BCUT2D eigenvalue weighted by molar-refractivity contribution is 7.88. The van der Waals surface area contributed by atoms with E-state index in [-0.39, 0.29) is 24.5 Å².